The molecule has 0 aliphatic heterocycles. The van der Waals surface area contributed by atoms with Crippen LogP contribution in [0.3, 0.4) is 0 Å². The van der Waals surface area contributed by atoms with Crippen LogP contribution in [0.1, 0.15) is 22.6 Å². The standard InChI is InChI=1S/C18H16BrN3O2/c1-12-2-4-14(5-3-12)11-23-16-8-6-13(10-15(16)19)7-9-17-21-22-18(20)24-17/h2-10H,11H2,1H3,(H2,20,22)/b9-7+. The van der Waals surface area contributed by atoms with Crippen molar-refractivity contribution in [2.24, 2.45) is 0 Å². The average molecular weight is 386 g/mol. The van der Waals surface area contributed by atoms with Gasteiger partial charge in [-0.15, -0.1) is 5.10 Å². The molecule has 1 heterocycles. The fraction of sp³-hybridized carbons (Fsp3) is 0.111. The van der Waals surface area contributed by atoms with E-state index in [2.05, 4.69) is 57.3 Å². The van der Waals surface area contributed by atoms with Gasteiger partial charge in [-0.3, -0.25) is 0 Å². The monoisotopic (exact) mass is 385 g/mol. The largest absolute Gasteiger partial charge is 0.488 e. The molecule has 0 saturated carbocycles. The van der Waals surface area contributed by atoms with Gasteiger partial charge in [-0.2, -0.15) is 0 Å². The van der Waals surface area contributed by atoms with E-state index in [0.717, 1.165) is 21.3 Å². The van der Waals surface area contributed by atoms with Crippen molar-refractivity contribution in [3.8, 4) is 5.75 Å². The SMILES string of the molecule is Cc1ccc(COc2ccc(/C=C/c3nnc(N)o3)cc2Br)cc1. The van der Waals surface area contributed by atoms with Gasteiger partial charge < -0.3 is 14.9 Å². The van der Waals surface area contributed by atoms with Crippen molar-refractivity contribution in [2.75, 3.05) is 5.73 Å². The van der Waals surface area contributed by atoms with Crippen LogP contribution < -0.4 is 10.5 Å². The summed E-state index contributed by atoms with van der Waals surface area (Å²) in [5.41, 5.74) is 8.72. The highest BCUT2D eigenvalue weighted by molar-refractivity contribution is 9.10. The predicted molar refractivity (Wildman–Crippen MR) is 97.3 cm³/mol. The highest BCUT2D eigenvalue weighted by atomic mass is 79.9. The van der Waals surface area contributed by atoms with Gasteiger partial charge in [0, 0.05) is 6.08 Å². The summed E-state index contributed by atoms with van der Waals surface area (Å²) in [6.45, 7) is 2.59. The van der Waals surface area contributed by atoms with Gasteiger partial charge in [0.1, 0.15) is 12.4 Å². The fourth-order valence-corrected chi connectivity index (χ4v) is 2.58. The van der Waals surface area contributed by atoms with Gasteiger partial charge in [-0.05, 0) is 52.2 Å². The van der Waals surface area contributed by atoms with Crippen LogP contribution in [-0.4, -0.2) is 10.2 Å². The van der Waals surface area contributed by atoms with Crippen LogP contribution >= 0.6 is 15.9 Å². The van der Waals surface area contributed by atoms with Crippen LogP contribution in [0.2, 0.25) is 0 Å². The van der Waals surface area contributed by atoms with Gasteiger partial charge in [0.15, 0.2) is 0 Å². The Balaban J connectivity index is 1.65. The normalized spacial score (nSPS) is 11.1. The molecule has 0 saturated heterocycles. The molecule has 1 aromatic heterocycles. The van der Waals surface area contributed by atoms with Crippen molar-refractivity contribution in [2.45, 2.75) is 13.5 Å². The van der Waals surface area contributed by atoms with Crippen molar-refractivity contribution in [1.82, 2.24) is 10.2 Å². The smallest absolute Gasteiger partial charge is 0.313 e. The zero-order valence-corrected chi connectivity index (χ0v) is 14.7. The van der Waals surface area contributed by atoms with E-state index in [4.69, 9.17) is 14.9 Å². The van der Waals surface area contributed by atoms with Gasteiger partial charge in [0.25, 0.3) is 0 Å². The van der Waals surface area contributed by atoms with Crippen molar-refractivity contribution >= 4 is 34.1 Å². The molecule has 0 spiro atoms. The van der Waals surface area contributed by atoms with Crippen molar-refractivity contribution in [1.29, 1.82) is 0 Å². The van der Waals surface area contributed by atoms with Crippen molar-refractivity contribution < 1.29 is 9.15 Å². The number of benzene rings is 2. The summed E-state index contributed by atoms with van der Waals surface area (Å²) in [6, 6.07) is 14.2. The summed E-state index contributed by atoms with van der Waals surface area (Å²) in [4.78, 5) is 0. The lowest BCUT2D eigenvalue weighted by Crippen LogP contribution is -1.96. The van der Waals surface area contributed by atoms with Crippen LogP contribution in [0.25, 0.3) is 12.2 Å². The molecule has 0 aliphatic rings. The summed E-state index contributed by atoms with van der Waals surface area (Å²) in [6.07, 6.45) is 3.57. The zero-order chi connectivity index (χ0) is 16.9. The van der Waals surface area contributed by atoms with Gasteiger partial charge in [-0.1, -0.05) is 41.0 Å². The molecule has 0 atom stereocenters. The van der Waals surface area contributed by atoms with Crippen LogP contribution in [0, 0.1) is 6.92 Å². The molecular formula is C18H16BrN3O2. The third kappa shape index (κ3) is 4.23. The van der Waals surface area contributed by atoms with Crippen molar-refractivity contribution in [3.05, 3.63) is 69.5 Å². The number of hydrogen-bond donors (Lipinski definition) is 1. The Labute approximate surface area is 148 Å². The maximum atomic E-state index is 5.86. The molecule has 0 aliphatic carbocycles. The first-order valence-electron chi connectivity index (χ1n) is 7.35. The van der Waals surface area contributed by atoms with E-state index in [9.17, 15) is 0 Å². The summed E-state index contributed by atoms with van der Waals surface area (Å²) in [7, 11) is 0. The summed E-state index contributed by atoms with van der Waals surface area (Å²) in [5, 5.41) is 7.37. The average Bonchev–Trinajstić information content (AvgIpc) is 2.99. The molecule has 0 unspecified atom stereocenters. The second kappa shape index (κ2) is 7.31. The number of nitrogens with two attached hydrogens (primary N) is 1. The Bertz CT molecular complexity index is 857. The topological polar surface area (TPSA) is 74.2 Å². The first kappa shape index (κ1) is 16.3. The van der Waals surface area contributed by atoms with E-state index in [0.29, 0.717) is 12.5 Å². The van der Waals surface area contributed by atoms with Crippen LogP contribution in [0.5, 0.6) is 5.75 Å². The van der Waals surface area contributed by atoms with Gasteiger partial charge >= 0.3 is 6.01 Å². The van der Waals surface area contributed by atoms with E-state index in [1.165, 1.54) is 5.56 Å². The first-order valence-corrected chi connectivity index (χ1v) is 8.14. The second-order valence-electron chi connectivity index (χ2n) is 5.28. The Hall–Kier alpha value is -2.60. The Morgan fingerprint density at radius 1 is 1.12 bits per heavy atom. The lowest BCUT2D eigenvalue weighted by atomic mass is 10.1. The number of halogens is 1. The summed E-state index contributed by atoms with van der Waals surface area (Å²) < 4.78 is 11.8. The number of anilines is 1. The molecule has 0 bridgehead atoms. The zero-order valence-electron chi connectivity index (χ0n) is 13.1. The molecule has 24 heavy (non-hydrogen) atoms. The van der Waals surface area contributed by atoms with E-state index in [1.54, 1.807) is 6.08 Å². The lowest BCUT2D eigenvalue weighted by molar-refractivity contribution is 0.304. The number of nitrogen functional groups attached to an aromatic ring is 1. The maximum Gasteiger partial charge on any atom is 0.313 e. The highest BCUT2D eigenvalue weighted by Gasteiger charge is 2.03. The molecule has 5 nitrogen and oxygen atoms in total. The number of nitrogens with zero attached hydrogens (tertiary/aromatic N) is 2. The maximum absolute atomic E-state index is 5.86. The quantitative estimate of drug-likeness (QED) is 0.700. The number of hydrogen-bond acceptors (Lipinski definition) is 5. The lowest BCUT2D eigenvalue weighted by Gasteiger charge is -2.09. The van der Waals surface area contributed by atoms with Crippen LogP contribution in [-0.2, 0) is 6.61 Å². The molecule has 0 amide bonds. The van der Waals surface area contributed by atoms with E-state index < -0.39 is 0 Å². The minimum Gasteiger partial charge on any atom is -0.488 e. The van der Waals surface area contributed by atoms with Gasteiger partial charge in [0.2, 0.25) is 5.89 Å². The third-order valence-electron chi connectivity index (χ3n) is 3.35. The molecular weight excluding hydrogens is 370 g/mol. The third-order valence-corrected chi connectivity index (χ3v) is 3.97. The molecule has 0 radical (unpaired) electrons. The van der Waals surface area contributed by atoms with E-state index >= 15 is 0 Å². The molecule has 6 heteroatoms. The molecule has 3 aromatic rings. The van der Waals surface area contributed by atoms with Crippen LogP contribution in [0.4, 0.5) is 6.01 Å². The van der Waals surface area contributed by atoms with Gasteiger partial charge in [-0.25, -0.2) is 0 Å². The van der Waals surface area contributed by atoms with E-state index in [-0.39, 0.29) is 6.01 Å². The Kier molecular flexibility index (Phi) is 4.96. The minimum absolute atomic E-state index is 0.0516. The van der Waals surface area contributed by atoms with Crippen molar-refractivity contribution in [3.63, 3.8) is 0 Å². The van der Waals surface area contributed by atoms with E-state index in [1.807, 2.05) is 24.3 Å². The number of ether oxygens (including phenoxy) is 1. The molecule has 122 valence electrons. The Morgan fingerprint density at radius 2 is 1.92 bits per heavy atom. The second-order valence-corrected chi connectivity index (χ2v) is 6.13. The number of aryl methyl sites for hydroxylation is 1. The number of rotatable bonds is 5. The highest BCUT2D eigenvalue weighted by Crippen LogP contribution is 2.27. The Morgan fingerprint density at radius 3 is 2.58 bits per heavy atom. The predicted octanol–water partition coefficient (Wildman–Crippen LogP) is 4.47. The fourth-order valence-electron chi connectivity index (χ4n) is 2.06. The minimum atomic E-state index is 0.0516. The molecule has 0 fully saturated rings. The van der Waals surface area contributed by atoms with Gasteiger partial charge in [0.05, 0.1) is 4.47 Å². The summed E-state index contributed by atoms with van der Waals surface area (Å²) in [5.74, 6) is 1.15. The molecule has 2 N–H and O–H groups in total. The first-order chi connectivity index (χ1) is 11.6. The molecule has 2 aromatic carbocycles. The van der Waals surface area contributed by atoms with Crippen LogP contribution in [0.15, 0.2) is 51.4 Å². The summed E-state index contributed by atoms with van der Waals surface area (Å²) >= 11 is 3.53. The number of aromatic nitrogens is 2. The molecule has 3 rings (SSSR count).